The summed E-state index contributed by atoms with van der Waals surface area (Å²) < 4.78 is 1.53. The van der Waals surface area contributed by atoms with Crippen molar-refractivity contribution >= 4 is 17.5 Å². The molecule has 3 N–H and O–H groups in total. The second-order valence-corrected chi connectivity index (χ2v) is 10.0. The summed E-state index contributed by atoms with van der Waals surface area (Å²) in [5.74, 6) is -0.303. The fourth-order valence-corrected chi connectivity index (χ4v) is 5.54. The number of aromatic nitrogens is 4. The molecule has 5 rings (SSSR count). The van der Waals surface area contributed by atoms with E-state index < -0.39 is 6.04 Å². The highest BCUT2D eigenvalue weighted by Gasteiger charge is 2.48. The van der Waals surface area contributed by atoms with Crippen molar-refractivity contribution in [3.8, 4) is 11.1 Å². The average Bonchev–Trinajstić information content (AvgIpc) is 3.25. The summed E-state index contributed by atoms with van der Waals surface area (Å²) in [7, 11) is 1.73. The van der Waals surface area contributed by atoms with Crippen LogP contribution in [0, 0.1) is 25.2 Å². The van der Waals surface area contributed by atoms with Gasteiger partial charge in [0.05, 0.1) is 5.69 Å². The minimum absolute atomic E-state index is 0.129. The van der Waals surface area contributed by atoms with Crippen LogP contribution in [0.3, 0.4) is 0 Å². The lowest BCUT2D eigenvalue weighted by Gasteiger charge is -2.34. The van der Waals surface area contributed by atoms with E-state index in [1.165, 1.54) is 23.9 Å². The summed E-state index contributed by atoms with van der Waals surface area (Å²) in [5.41, 5.74) is 5.63. The number of aromatic amines is 1. The van der Waals surface area contributed by atoms with Gasteiger partial charge < -0.3 is 10.6 Å². The zero-order valence-corrected chi connectivity index (χ0v) is 20.0. The standard InChI is InChI=1S/C26H32N6O2/c1-16-22(17(2)31-30-16)18-6-8-20(9-7-18)28-25(34)23(19-5-4-11-26(15-19)12-13-26)29-24(33)21-10-14-27-32(21)3/h6-10,14,19,23H,4-5,11-13,15H2,1-3H3,(H,28,34)(H,29,33)(H,30,31)/t19-,23-/m0/s1. The maximum atomic E-state index is 13.5. The van der Waals surface area contributed by atoms with Gasteiger partial charge in [-0.25, -0.2) is 0 Å². The average molecular weight is 461 g/mol. The van der Waals surface area contributed by atoms with Crippen LogP contribution in [0.1, 0.15) is 60.4 Å². The number of carbonyl (C=O) groups excluding carboxylic acids is 2. The molecular formula is C26H32N6O2. The minimum Gasteiger partial charge on any atom is -0.339 e. The number of aryl methyl sites for hydroxylation is 3. The number of rotatable bonds is 6. The number of hydrogen-bond donors (Lipinski definition) is 3. The van der Waals surface area contributed by atoms with Crippen LogP contribution >= 0.6 is 0 Å². The van der Waals surface area contributed by atoms with Gasteiger partial charge in [-0.3, -0.25) is 19.4 Å². The topological polar surface area (TPSA) is 105 Å². The van der Waals surface area contributed by atoms with Crippen LogP contribution in [0.15, 0.2) is 36.5 Å². The minimum atomic E-state index is -0.585. The Labute approximate surface area is 199 Å². The number of benzene rings is 1. The predicted molar refractivity (Wildman–Crippen MR) is 130 cm³/mol. The van der Waals surface area contributed by atoms with Gasteiger partial charge in [-0.2, -0.15) is 10.2 Å². The van der Waals surface area contributed by atoms with E-state index >= 15 is 0 Å². The van der Waals surface area contributed by atoms with Crippen molar-refractivity contribution in [2.45, 2.75) is 58.4 Å². The maximum Gasteiger partial charge on any atom is 0.270 e. The van der Waals surface area contributed by atoms with E-state index in [0.29, 0.717) is 16.8 Å². The number of nitrogens with one attached hydrogen (secondary N) is 3. The van der Waals surface area contributed by atoms with Crippen molar-refractivity contribution in [2.75, 3.05) is 5.32 Å². The molecule has 2 atom stereocenters. The molecule has 0 aliphatic heterocycles. The Morgan fingerprint density at radius 1 is 1.15 bits per heavy atom. The first-order chi connectivity index (χ1) is 16.3. The van der Waals surface area contributed by atoms with Crippen molar-refractivity contribution in [3.05, 3.63) is 53.6 Å². The van der Waals surface area contributed by atoms with Gasteiger partial charge in [0.15, 0.2) is 0 Å². The van der Waals surface area contributed by atoms with Crippen LogP contribution in [0.4, 0.5) is 5.69 Å². The van der Waals surface area contributed by atoms with Crippen LogP contribution in [0.2, 0.25) is 0 Å². The van der Waals surface area contributed by atoms with E-state index in [1.807, 2.05) is 38.1 Å². The normalized spacial score (nSPS) is 19.6. The highest BCUT2D eigenvalue weighted by molar-refractivity contribution is 6.00. The predicted octanol–water partition coefficient (Wildman–Crippen LogP) is 4.13. The van der Waals surface area contributed by atoms with Crippen LogP contribution in [-0.4, -0.2) is 37.8 Å². The molecule has 2 amide bonds. The Kier molecular flexibility index (Phi) is 5.75. The maximum absolute atomic E-state index is 13.5. The van der Waals surface area contributed by atoms with E-state index in [1.54, 1.807) is 19.3 Å². The molecule has 0 bridgehead atoms. The third-order valence-electron chi connectivity index (χ3n) is 7.60. The molecule has 1 spiro atoms. The monoisotopic (exact) mass is 460 g/mol. The highest BCUT2D eigenvalue weighted by atomic mass is 16.2. The van der Waals surface area contributed by atoms with Crippen molar-refractivity contribution in [1.82, 2.24) is 25.3 Å². The molecule has 8 nitrogen and oxygen atoms in total. The molecule has 1 aromatic carbocycles. The summed E-state index contributed by atoms with van der Waals surface area (Å²) in [4.78, 5) is 26.5. The Hall–Kier alpha value is -3.42. The smallest absolute Gasteiger partial charge is 0.270 e. The van der Waals surface area contributed by atoms with Gasteiger partial charge in [-0.15, -0.1) is 0 Å². The lowest BCUT2D eigenvalue weighted by atomic mass is 9.75. The molecule has 8 heteroatoms. The van der Waals surface area contributed by atoms with Gasteiger partial charge in [0.25, 0.3) is 5.91 Å². The van der Waals surface area contributed by atoms with E-state index in [-0.39, 0.29) is 17.7 Å². The Bertz CT molecular complexity index is 1180. The lowest BCUT2D eigenvalue weighted by molar-refractivity contribution is -0.119. The summed E-state index contributed by atoms with van der Waals surface area (Å²) in [6, 6.07) is 8.88. The molecular weight excluding hydrogens is 428 g/mol. The zero-order chi connectivity index (χ0) is 23.9. The number of carbonyl (C=O) groups is 2. The first-order valence-corrected chi connectivity index (χ1v) is 12.1. The molecule has 2 aliphatic rings. The van der Waals surface area contributed by atoms with Gasteiger partial charge >= 0.3 is 0 Å². The van der Waals surface area contributed by atoms with Crippen molar-refractivity contribution in [2.24, 2.45) is 18.4 Å². The highest BCUT2D eigenvalue weighted by Crippen LogP contribution is 2.58. The first-order valence-electron chi connectivity index (χ1n) is 12.1. The second-order valence-electron chi connectivity index (χ2n) is 10.0. The van der Waals surface area contributed by atoms with Gasteiger partial charge in [0, 0.05) is 30.2 Å². The molecule has 3 aromatic rings. The van der Waals surface area contributed by atoms with Crippen LogP contribution in [-0.2, 0) is 11.8 Å². The van der Waals surface area contributed by atoms with Gasteiger partial charge in [0.2, 0.25) is 5.91 Å². The summed E-state index contributed by atoms with van der Waals surface area (Å²) in [5, 5.41) is 17.5. The number of anilines is 1. The fourth-order valence-electron chi connectivity index (χ4n) is 5.54. The molecule has 0 saturated heterocycles. The van der Waals surface area contributed by atoms with Gasteiger partial charge in [-0.05, 0) is 81.0 Å². The molecule has 0 radical (unpaired) electrons. The second kappa shape index (κ2) is 8.74. The van der Waals surface area contributed by atoms with Crippen LogP contribution in [0.5, 0.6) is 0 Å². The SMILES string of the molecule is Cc1n[nH]c(C)c1-c1ccc(NC(=O)[C@@H](NC(=O)c2ccnn2C)[C@H]2CCCC3(CC3)C2)cc1. The number of nitrogens with zero attached hydrogens (tertiary/aromatic N) is 3. The quantitative estimate of drug-likeness (QED) is 0.514. The van der Waals surface area contributed by atoms with Crippen LogP contribution in [0.25, 0.3) is 11.1 Å². The molecule has 2 aliphatic carbocycles. The van der Waals surface area contributed by atoms with Crippen molar-refractivity contribution in [1.29, 1.82) is 0 Å². The first kappa shape index (κ1) is 22.4. The number of amides is 2. The van der Waals surface area contributed by atoms with Crippen LogP contribution < -0.4 is 10.6 Å². The molecule has 2 heterocycles. The number of H-pyrrole nitrogens is 1. The van der Waals surface area contributed by atoms with E-state index in [0.717, 1.165) is 41.8 Å². The third kappa shape index (κ3) is 4.36. The van der Waals surface area contributed by atoms with Crippen molar-refractivity contribution in [3.63, 3.8) is 0 Å². The van der Waals surface area contributed by atoms with Gasteiger partial charge in [-0.1, -0.05) is 18.6 Å². The van der Waals surface area contributed by atoms with Gasteiger partial charge in [0.1, 0.15) is 11.7 Å². The summed E-state index contributed by atoms with van der Waals surface area (Å²) in [6.07, 6.45) is 8.35. The molecule has 2 saturated carbocycles. The van der Waals surface area contributed by atoms with E-state index in [2.05, 4.69) is 25.9 Å². The molecule has 2 fully saturated rings. The van der Waals surface area contributed by atoms with Crippen molar-refractivity contribution < 1.29 is 9.59 Å². The molecule has 178 valence electrons. The van der Waals surface area contributed by atoms with E-state index in [4.69, 9.17) is 0 Å². The zero-order valence-electron chi connectivity index (χ0n) is 20.0. The largest absolute Gasteiger partial charge is 0.339 e. The fraction of sp³-hybridized carbons (Fsp3) is 0.462. The third-order valence-corrected chi connectivity index (χ3v) is 7.60. The Morgan fingerprint density at radius 3 is 2.53 bits per heavy atom. The lowest BCUT2D eigenvalue weighted by Crippen LogP contribution is -2.50. The molecule has 34 heavy (non-hydrogen) atoms. The Morgan fingerprint density at radius 2 is 1.91 bits per heavy atom. The molecule has 0 unspecified atom stereocenters. The Balaban J connectivity index is 1.34. The number of hydrogen-bond acceptors (Lipinski definition) is 4. The van der Waals surface area contributed by atoms with E-state index in [9.17, 15) is 9.59 Å². The molecule has 2 aromatic heterocycles. The summed E-state index contributed by atoms with van der Waals surface area (Å²) >= 11 is 0. The summed E-state index contributed by atoms with van der Waals surface area (Å²) in [6.45, 7) is 3.97.